The predicted molar refractivity (Wildman–Crippen MR) is 86.2 cm³/mol. The maximum Gasteiger partial charge on any atom is 0.270 e. The van der Waals surface area contributed by atoms with Crippen molar-refractivity contribution in [2.45, 2.75) is 32.6 Å². The van der Waals surface area contributed by atoms with Crippen LogP contribution in [0, 0.1) is 5.92 Å². The minimum Gasteiger partial charge on any atom is -0.397 e. The Bertz CT molecular complexity index is 449. The Balaban J connectivity index is 1.76. The number of nitrogen functional groups attached to an aromatic ring is 1. The van der Waals surface area contributed by atoms with E-state index in [0.717, 1.165) is 32.5 Å². The van der Waals surface area contributed by atoms with E-state index < -0.39 is 0 Å². The molecule has 0 spiro atoms. The van der Waals surface area contributed by atoms with E-state index in [-0.39, 0.29) is 5.91 Å². The lowest BCUT2D eigenvalue weighted by molar-refractivity contribution is 0.0668. The first-order chi connectivity index (χ1) is 10.1. The smallest absolute Gasteiger partial charge is 0.270 e. The molecule has 0 unspecified atom stereocenters. The molecule has 1 aliphatic rings. The number of likely N-dealkylation sites (tertiary alicyclic amines) is 1. The summed E-state index contributed by atoms with van der Waals surface area (Å²) >= 11 is 0. The molecule has 1 aromatic heterocycles. The Morgan fingerprint density at radius 3 is 2.76 bits per heavy atom. The van der Waals surface area contributed by atoms with Gasteiger partial charge in [-0.15, -0.1) is 0 Å². The molecule has 1 fully saturated rings. The van der Waals surface area contributed by atoms with Gasteiger partial charge in [-0.1, -0.05) is 13.3 Å². The number of nitrogens with one attached hydrogen (secondary N) is 1. The molecular weight excluding hydrogens is 264 g/mol. The first kappa shape index (κ1) is 15.9. The number of nitrogens with two attached hydrogens (primary N) is 1. The SMILES string of the molecule is CCCCN(C)CC1CCN(C(=O)c2cc(N)c[nH]2)CC1. The van der Waals surface area contributed by atoms with Gasteiger partial charge in [0, 0.05) is 31.5 Å². The van der Waals surface area contributed by atoms with Crippen LogP contribution in [0.5, 0.6) is 0 Å². The van der Waals surface area contributed by atoms with Gasteiger partial charge in [0.25, 0.3) is 5.91 Å². The van der Waals surface area contributed by atoms with E-state index in [1.165, 1.54) is 19.4 Å². The maximum absolute atomic E-state index is 12.3. The van der Waals surface area contributed by atoms with Crippen LogP contribution in [0.4, 0.5) is 5.69 Å². The third-order valence-electron chi connectivity index (χ3n) is 4.30. The summed E-state index contributed by atoms with van der Waals surface area (Å²) in [6.07, 6.45) is 6.37. The number of amides is 1. The van der Waals surface area contributed by atoms with Gasteiger partial charge in [-0.3, -0.25) is 4.79 Å². The van der Waals surface area contributed by atoms with Crippen molar-refractivity contribution in [3.05, 3.63) is 18.0 Å². The summed E-state index contributed by atoms with van der Waals surface area (Å²) in [6.45, 7) is 6.26. The first-order valence-electron chi connectivity index (χ1n) is 8.02. The van der Waals surface area contributed by atoms with E-state index in [1.807, 2.05) is 4.90 Å². The summed E-state index contributed by atoms with van der Waals surface area (Å²) in [7, 11) is 2.20. The molecule has 118 valence electrons. The van der Waals surface area contributed by atoms with E-state index in [0.29, 0.717) is 17.3 Å². The van der Waals surface area contributed by atoms with E-state index >= 15 is 0 Å². The number of unbranched alkanes of at least 4 members (excludes halogenated alkanes) is 1. The van der Waals surface area contributed by atoms with Crippen LogP contribution in [-0.2, 0) is 0 Å². The number of aromatic nitrogens is 1. The number of hydrogen-bond donors (Lipinski definition) is 2. The molecule has 21 heavy (non-hydrogen) atoms. The zero-order valence-electron chi connectivity index (χ0n) is 13.3. The molecule has 0 aromatic carbocycles. The van der Waals surface area contributed by atoms with Crippen molar-refractivity contribution in [3.63, 3.8) is 0 Å². The van der Waals surface area contributed by atoms with Gasteiger partial charge in [0.15, 0.2) is 0 Å². The minimum absolute atomic E-state index is 0.0736. The lowest BCUT2D eigenvalue weighted by atomic mass is 9.96. The van der Waals surface area contributed by atoms with Crippen LogP contribution in [0.1, 0.15) is 43.1 Å². The van der Waals surface area contributed by atoms with Crippen LogP contribution in [0.2, 0.25) is 0 Å². The average molecular weight is 292 g/mol. The fourth-order valence-electron chi connectivity index (χ4n) is 2.98. The van der Waals surface area contributed by atoms with Crippen LogP contribution in [0.3, 0.4) is 0 Å². The molecule has 0 bridgehead atoms. The van der Waals surface area contributed by atoms with Gasteiger partial charge in [-0.2, -0.15) is 0 Å². The monoisotopic (exact) mass is 292 g/mol. The molecule has 1 saturated heterocycles. The highest BCUT2D eigenvalue weighted by Crippen LogP contribution is 2.20. The van der Waals surface area contributed by atoms with Gasteiger partial charge < -0.3 is 20.5 Å². The number of carbonyl (C=O) groups excluding carboxylic acids is 1. The number of carbonyl (C=O) groups is 1. The molecule has 5 nitrogen and oxygen atoms in total. The Morgan fingerprint density at radius 1 is 1.48 bits per heavy atom. The van der Waals surface area contributed by atoms with E-state index in [4.69, 9.17) is 5.73 Å². The molecule has 5 heteroatoms. The molecule has 1 amide bonds. The summed E-state index contributed by atoms with van der Waals surface area (Å²) in [5.74, 6) is 0.786. The van der Waals surface area contributed by atoms with E-state index in [1.54, 1.807) is 12.3 Å². The largest absolute Gasteiger partial charge is 0.397 e. The number of nitrogens with zero attached hydrogens (tertiary/aromatic N) is 2. The fourth-order valence-corrected chi connectivity index (χ4v) is 2.98. The number of anilines is 1. The van der Waals surface area contributed by atoms with Crippen LogP contribution in [-0.4, -0.2) is 53.9 Å². The Morgan fingerprint density at radius 2 is 2.19 bits per heavy atom. The standard InChI is InChI=1S/C16H28N4O/c1-3-4-7-19(2)12-13-5-8-20(9-6-13)16(21)15-10-14(17)11-18-15/h10-11,13,18H,3-9,12,17H2,1-2H3. The van der Waals surface area contributed by atoms with Crippen molar-refractivity contribution in [3.8, 4) is 0 Å². The van der Waals surface area contributed by atoms with Gasteiger partial charge in [-0.05, 0) is 44.8 Å². The second-order valence-corrected chi connectivity index (χ2v) is 6.20. The third-order valence-corrected chi connectivity index (χ3v) is 4.30. The van der Waals surface area contributed by atoms with Crippen molar-refractivity contribution in [1.82, 2.24) is 14.8 Å². The third kappa shape index (κ3) is 4.49. The van der Waals surface area contributed by atoms with Crippen LogP contribution in [0.25, 0.3) is 0 Å². The lowest BCUT2D eigenvalue weighted by Crippen LogP contribution is -2.41. The summed E-state index contributed by atoms with van der Waals surface area (Å²) in [5, 5.41) is 0. The second-order valence-electron chi connectivity index (χ2n) is 6.20. The Hall–Kier alpha value is -1.49. The van der Waals surface area contributed by atoms with Crippen LogP contribution in [0.15, 0.2) is 12.3 Å². The summed E-state index contributed by atoms with van der Waals surface area (Å²) < 4.78 is 0. The van der Waals surface area contributed by atoms with E-state index in [2.05, 4.69) is 23.9 Å². The Labute approximate surface area is 127 Å². The zero-order valence-corrected chi connectivity index (χ0v) is 13.3. The first-order valence-corrected chi connectivity index (χ1v) is 8.02. The van der Waals surface area contributed by atoms with Crippen LogP contribution >= 0.6 is 0 Å². The highest BCUT2D eigenvalue weighted by atomic mass is 16.2. The van der Waals surface area contributed by atoms with Crippen molar-refractivity contribution >= 4 is 11.6 Å². The number of piperidine rings is 1. The molecule has 1 aliphatic heterocycles. The fraction of sp³-hybridized carbons (Fsp3) is 0.688. The topological polar surface area (TPSA) is 65.4 Å². The molecule has 3 N–H and O–H groups in total. The van der Waals surface area contributed by atoms with Gasteiger partial charge in [0.1, 0.15) is 5.69 Å². The van der Waals surface area contributed by atoms with Crippen LogP contribution < -0.4 is 5.73 Å². The van der Waals surface area contributed by atoms with Crippen molar-refractivity contribution in [2.24, 2.45) is 5.92 Å². The second kappa shape index (κ2) is 7.50. The summed E-state index contributed by atoms with van der Waals surface area (Å²) in [6, 6.07) is 1.72. The summed E-state index contributed by atoms with van der Waals surface area (Å²) in [4.78, 5) is 19.6. The number of hydrogen-bond acceptors (Lipinski definition) is 3. The maximum atomic E-state index is 12.3. The predicted octanol–water partition coefficient (Wildman–Crippen LogP) is 2.18. The van der Waals surface area contributed by atoms with Gasteiger partial charge >= 0.3 is 0 Å². The number of rotatable bonds is 6. The average Bonchev–Trinajstić information content (AvgIpc) is 2.92. The Kier molecular flexibility index (Phi) is 5.67. The molecule has 0 saturated carbocycles. The lowest BCUT2D eigenvalue weighted by Gasteiger charge is -2.33. The van der Waals surface area contributed by atoms with Gasteiger partial charge in [0.05, 0.1) is 0 Å². The molecule has 1 aromatic rings. The number of aromatic amines is 1. The zero-order chi connectivity index (χ0) is 15.2. The molecular formula is C16H28N4O. The quantitative estimate of drug-likeness (QED) is 0.844. The molecule has 0 radical (unpaired) electrons. The minimum atomic E-state index is 0.0736. The van der Waals surface area contributed by atoms with Crippen molar-refractivity contribution < 1.29 is 4.79 Å². The number of H-pyrrole nitrogens is 1. The molecule has 0 aliphatic carbocycles. The van der Waals surface area contributed by atoms with Crippen molar-refractivity contribution in [1.29, 1.82) is 0 Å². The highest BCUT2D eigenvalue weighted by molar-refractivity contribution is 5.93. The van der Waals surface area contributed by atoms with E-state index in [9.17, 15) is 4.79 Å². The molecule has 0 atom stereocenters. The molecule has 2 rings (SSSR count). The van der Waals surface area contributed by atoms with Gasteiger partial charge in [-0.25, -0.2) is 0 Å². The highest BCUT2D eigenvalue weighted by Gasteiger charge is 2.24. The molecule has 2 heterocycles. The van der Waals surface area contributed by atoms with Gasteiger partial charge in [0.2, 0.25) is 0 Å². The van der Waals surface area contributed by atoms with Crippen molar-refractivity contribution in [2.75, 3.05) is 39.0 Å². The normalized spacial score (nSPS) is 16.6. The summed E-state index contributed by atoms with van der Waals surface area (Å²) in [5.41, 5.74) is 6.87.